The summed E-state index contributed by atoms with van der Waals surface area (Å²) in [5, 5.41) is 2.91. The fourth-order valence-electron chi connectivity index (χ4n) is 2.67. The Labute approximate surface area is 121 Å². The van der Waals surface area contributed by atoms with Gasteiger partial charge in [-0.15, -0.1) is 0 Å². The van der Waals surface area contributed by atoms with Gasteiger partial charge in [-0.1, -0.05) is 13.0 Å². The molecule has 0 aromatic heterocycles. The second kappa shape index (κ2) is 6.75. The van der Waals surface area contributed by atoms with Gasteiger partial charge < -0.3 is 11.1 Å². The highest BCUT2D eigenvalue weighted by Crippen LogP contribution is 2.20. The van der Waals surface area contributed by atoms with Crippen molar-refractivity contribution < 1.29 is 4.79 Å². The normalized spacial score (nSPS) is 20.4. The van der Waals surface area contributed by atoms with Crippen LogP contribution in [0.1, 0.15) is 31.7 Å². The molecule has 1 atom stereocenters. The van der Waals surface area contributed by atoms with Crippen LogP contribution in [-0.2, 0) is 4.79 Å². The van der Waals surface area contributed by atoms with Crippen LogP contribution >= 0.6 is 0 Å². The number of likely N-dealkylation sites (tertiary alicyclic amines) is 1. The molecule has 0 radical (unpaired) electrons. The highest BCUT2D eigenvalue weighted by Gasteiger charge is 2.16. The summed E-state index contributed by atoms with van der Waals surface area (Å²) < 4.78 is 0. The van der Waals surface area contributed by atoms with Crippen LogP contribution in [0.2, 0.25) is 0 Å². The molecular formula is C16H25N3O. The maximum atomic E-state index is 12.1. The largest absolute Gasteiger partial charge is 0.397 e. The van der Waals surface area contributed by atoms with Gasteiger partial charge in [0.05, 0.1) is 17.9 Å². The molecule has 1 amide bonds. The van der Waals surface area contributed by atoms with E-state index in [1.165, 1.54) is 19.3 Å². The molecule has 20 heavy (non-hydrogen) atoms. The van der Waals surface area contributed by atoms with E-state index in [1.54, 1.807) is 0 Å². The Bertz CT molecular complexity index is 473. The third-order valence-electron chi connectivity index (χ3n) is 3.96. The molecule has 2 rings (SSSR count). The van der Waals surface area contributed by atoms with Gasteiger partial charge in [0.25, 0.3) is 0 Å². The lowest BCUT2D eigenvalue weighted by molar-refractivity contribution is -0.117. The summed E-state index contributed by atoms with van der Waals surface area (Å²) in [6, 6.07) is 5.70. The number of hydrogen-bond acceptors (Lipinski definition) is 3. The van der Waals surface area contributed by atoms with Gasteiger partial charge in [0, 0.05) is 0 Å². The molecule has 0 aliphatic carbocycles. The molecule has 1 unspecified atom stereocenters. The minimum atomic E-state index is 0.0232. The smallest absolute Gasteiger partial charge is 0.238 e. The van der Waals surface area contributed by atoms with Crippen molar-refractivity contribution >= 4 is 17.3 Å². The Morgan fingerprint density at radius 3 is 2.95 bits per heavy atom. The van der Waals surface area contributed by atoms with E-state index in [0.29, 0.717) is 17.9 Å². The second-order valence-electron chi connectivity index (χ2n) is 5.95. The van der Waals surface area contributed by atoms with E-state index in [1.807, 2.05) is 25.1 Å². The van der Waals surface area contributed by atoms with Crippen molar-refractivity contribution in [2.45, 2.75) is 33.1 Å². The highest BCUT2D eigenvalue weighted by molar-refractivity contribution is 5.95. The van der Waals surface area contributed by atoms with Gasteiger partial charge in [0.15, 0.2) is 0 Å². The van der Waals surface area contributed by atoms with Crippen LogP contribution in [0, 0.1) is 12.8 Å². The van der Waals surface area contributed by atoms with E-state index in [9.17, 15) is 4.79 Å². The molecule has 1 aliphatic rings. The van der Waals surface area contributed by atoms with Gasteiger partial charge in [-0.2, -0.15) is 0 Å². The molecule has 1 aromatic rings. The number of carbonyl (C=O) groups excluding carboxylic acids is 1. The first-order valence-electron chi connectivity index (χ1n) is 7.43. The summed E-state index contributed by atoms with van der Waals surface area (Å²) in [4.78, 5) is 14.3. The molecule has 0 saturated carbocycles. The molecule has 1 saturated heterocycles. The number of rotatable bonds is 3. The number of benzene rings is 1. The first kappa shape index (κ1) is 14.9. The van der Waals surface area contributed by atoms with Crippen molar-refractivity contribution in [2.24, 2.45) is 5.92 Å². The molecule has 4 nitrogen and oxygen atoms in total. The van der Waals surface area contributed by atoms with E-state index in [0.717, 1.165) is 24.6 Å². The maximum absolute atomic E-state index is 12.1. The number of nitrogens with two attached hydrogens (primary N) is 1. The zero-order valence-corrected chi connectivity index (χ0v) is 12.5. The van der Waals surface area contributed by atoms with Gasteiger partial charge in [0.1, 0.15) is 0 Å². The number of nitrogens with one attached hydrogen (secondary N) is 1. The summed E-state index contributed by atoms with van der Waals surface area (Å²) in [5.41, 5.74) is 8.36. The molecule has 4 heteroatoms. The van der Waals surface area contributed by atoms with Gasteiger partial charge in [-0.25, -0.2) is 0 Å². The standard InChI is InChI=1S/C16H25N3O/c1-12-4-3-8-19(9-7-12)11-16(20)18-15-6-5-13(2)10-14(15)17/h5-6,10,12H,3-4,7-9,11,17H2,1-2H3,(H,18,20). The first-order chi connectivity index (χ1) is 9.54. The Morgan fingerprint density at radius 2 is 2.20 bits per heavy atom. The Kier molecular flexibility index (Phi) is 5.01. The van der Waals surface area contributed by atoms with Gasteiger partial charge in [-0.05, 0) is 62.9 Å². The number of carbonyl (C=O) groups is 1. The van der Waals surface area contributed by atoms with Gasteiger partial charge in [0.2, 0.25) is 5.91 Å². The van der Waals surface area contributed by atoms with Crippen LogP contribution in [0.25, 0.3) is 0 Å². The Morgan fingerprint density at radius 1 is 1.40 bits per heavy atom. The van der Waals surface area contributed by atoms with Crippen LogP contribution in [0.3, 0.4) is 0 Å². The van der Waals surface area contributed by atoms with Crippen LogP contribution < -0.4 is 11.1 Å². The lowest BCUT2D eigenvalue weighted by Gasteiger charge is -2.19. The average molecular weight is 275 g/mol. The zero-order chi connectivity index (χ0) is 14.5. The lowest BCUT2D eigenvalue weighted by Crippen LogP contribution is -2.34. The SMILES string of the molecule is Cc1ccc(NC(=O)CN2CCCC(C)CC2)c(N)c1. The van der Waals surface area contributed by atoms with Crippen molar-refractivity contribution in [3.8, 4) is 0 Å². The third kappa shape index (κ3) is 4.23. The van der Waals surface area contributed by atoms with Crippen LogP contribution in [0.5, 0.6) is 0 Å². The summed E-state index contributed by atoms with van der Waals surface area (Å²) in [5.74, 6) is 0.797. The zero-order valence-electron chi connectivity index (χ0n) is 12.5. The minimum Gasteiger partial charge on any atom is -0.397 e. The predicted octanol–water partition coefficient (Wildman–Crippen LogP) is 2.64. The number of anilines is 2. The summed E-state index contributed by atoms with van der Waals surface area (Å²) >= 11 is 0. The predicted molar refractivity (Wildman–Crippen MR) is 83.7 cm³/mol. The number of nitrogen functional groups attached to an aromatic ring is 1. The van der Waals surface area contributed by atoms with E-state index in [-0.39, 0.29) is 5.91 Å². The Hall–Kier alpha value is -1.55. The van der Waals surface area contributed by atoms with Crippen molar-refractivity contribution in [3.63, 3.8) is 0 Å². The van der Waals surface area contributed by atoms with Crippen molar-refractivity contribution in [1.29, 1.82) is 0 Å². The third-order valence-corrected chi connectivity index (χ3v) is 3.96. The molecule has 1 heterocycles. The van der Waals surface area contributed by atoms with Crippen molar-refractivity contribution in [3.05, 3.63) is 23.8 Å². The minimum absolute atomic E-state index is 0.0232. The second-order valence-corrected chi connectivity index (χ2v) is 5.95. The van der Waals surface area contributed by atoms with Crippen LogP contribution in [0.15, 0.2) is 18.2 Å². The maximum Gasteiger partial charge on any atom is 0.238 e. The van der Waals surface area contributed by atoms with Crippen LogP contribution in [0.4, 0.5) is 11.4 Å². The quantitative estimate of drug-likeness (QED) is 0.834. The molecule has 0 spiro atoms. The Balaban J connectivity index is 1.88. The monoisotopic (exact) mass is 275 g/mol. The fraction of sp³-hybridized carbons (Fsp3) is 0.562. The van der Waals surface area contributed by atoms with Crippen LogP contribution in [-0.4, -0.2) is 30.4 Å². The van der Waals surface area contributed by atoms with Gasteiger partial charge in [-0.3, -0.25) is 9.69 Å². The van der Waals surface area contributed by atoms with Crippen molar-refractivity contribution in [1.82, 2.24) is 4.90 Å². The number of aryl methyl sites for hydroxylation is 1. The van der Waals surface area contributed by atoms with E-state index >= 15 is 0 Å². The van der Waals surface area contributed by atoms with E-state index in [2.05, 4.69) is 17.1 Å². The summed E-state index contributed by atoms with van der Waals surface area (Å²) in [6.07, 6.45) is 3.63. The molecule has 3 N–H and O–H groups in total. The van der Waals surface area contributed by atoms with E-state index < -0.39 is 0 Å². The summed E-state index contributed by atoms with van der Waals surface area (Å²) in [6.45, 7) is 6.76. The molecular weight excluding hydrogens is 250 g/mol. The highest BCUT2D eigenvalue weighted by atomic mass is 16.2. The lowest BCUT2D eigenvalue weighted by atomic mass is 10.0. The van der Waals surface area contributed by atoms with Gasteiger partial charge >= 0.3 is 0 Å². The first-order valence-corrected chi connectivity index (χ1v) is 7.43. The molecule has 1 fully saturated rings. The molecule has 0 bridgehead atoms. The average Bonchev–Trinajstić information content (AvgIpc) is 2.58. The van der Waals surface area contributed by atoms with E-state index in [4.69, 9.17) is 5.73 Å². The number of amides is 1. The van der Waals surface area contributed by atoms with Crippen molar-refractivity contribution in [2.75, 3.05) is 30.7 Å². The molecule has 1 aromatic carbocycles. The molecule has 110 valence electrons. The topological polar surface area (TPSA) is 58.4 Å². The fourth-order valence-corrected chi connectivity index (χ4v) is 2.67. The number of hydrogen-bond donors (Lipinski definition) is 2. The molecule has 1 aliphatic heterocycles. The number of nitrogens with zero attached hydrogens (tertiary/aromatic N) is 1. The summed E-state index contributed by atoms with van der Waals surface area (Å²) in [7, 11) is 0.